The monoisotopic (exact) mass is 464 g/mol. The largest absolute Gasteiger partial charge is 0.325 e. The predicted octanol–water partition coefficient (Wildman–Crippen LogP) is 2.69. The molecule has 0 spiro atoms. The number of thiazole rings is 1. The van der Waals surface area contributed by atoms with Gasteiger partial charge in [-0.3, -0.25) is 19.3 Å². The van der Waals surface area contributed by atoms with Gasteiger partial charge < -0.3 is 16.0 Å². The summed E-state index contributed by atoms with van der Waals surface area (Å²) in [5, 5.41) is 17.6. The summed E-state index contributed by atoms with van der Waals surface area (Å²) < 4.78 is 3.43. The first-order valence-electron chi connectivity index (χ1n) is 10.7. The Morgan fingerprint density at radius 2 is 2.09 bits per heavy atom. The number of aryl methyl sites for hydroxylation is 2. The summed E-state index contributed by atoms with van der Waals surface area (Å²) in [6.45, 7) is 3.63. The number of rotatable bonds is 6. The second kappa shape index (κ2) is 8.75. The van der Waals surface area contributed by atoms with Crippen molar-refractivity contribution in [2.45, 2.75) is 19.8 Å². The van der Waals surface area contributed by atoms with E-state index >= 15 is 0 Å². The molecule has 1 fully saturated rings. The molecule has 11 heteroatoms. The molecule has 5 heterocycles. The summed E-state index contributed by atoms with van der Waals surface area (Å²) in [5.74, 6) is 0.0242. The number of hydrogen-bond donors (Lipinski definition) is 3. The maximum atomic E-state index is 13.1. The Labute approximate surface area is 194 Å². The van der Waals surface area contributed by atoms with Gasteiger partial charge in [0.15, 0.2) is 0 Å². The highest BCUT2D eigenvalue weighted by atomic mass is 32.1. The smallest absolute Gasteiger partial charge is 0.260 e. The molecular weight excluding hydrogens is 440 g/mol. The van der Waals surface area contributed by atoms with Gasteiger partial charge in [-0.05, 0) is 38.4 Å². The lowest BCUT2D eigenvalue weighted by Gasteiger charge is -2.12. The molecule has 1 aliphatic rings. The molecule has 5 rings (SSSR count). The fourth-order valence-corrected chi connectivity index (χ4v) is 4.94. The summed E-state index contributed by atoms with van der Waals surface area (Å²) in [6, 6.07) is 1.74. The van der Waals surface area contributed by atoms with Crippen LogP contribution in [0.4, 0.5) is 11.4 Å². The van der Waals surface area contributed by atoms with Crippen molar-refractivity contribution in [3.8, 4) is 10.4 Å². The van der Waals surface area contributed by atoms with E-state index in [1.54, 1.807) is 33.9 Å². The van der Waals surface area contributed by atoms with Crippen LogP contribution in [-0.4, -0.2) is 49.3 Å². The molecule has 10 nitrogen and oxygen atoms in total. The molecule has 0 aliphatic carbocycles. The summed E-state index contributed by atoms with van der Waals surface area (Å²) in [4.78, 5) is 31.5. The molecule has 0 radical (unpaired) electrons. The van der Waals surface area contributed by atoms with Crippen LogP contribution in [0.3, 0.4) is 0 Å². The van der Waals surface area contributed by atoms with Gasteiger partial charge >= 0.3 is 0 Å². The van der Waals surface area contributed by atoms with Gasteiger partial charge in [-0.15, -0.1) is 11.3 Å². The second-order valence-electron chi connectivity index (χ2n) is 8.23. The van der Waals surface area contributed by atoms with Crippen LogP contribution in [0, 0.1) is 12.8 Å². The maximum Gasteiger partial charge on any atom is 0.260 e. The van der Waals surface area contributed by atoms with Crippen LogP contribution in [0.1, 0.15) is 28.9 Å². The van der Waals surface area contributed by atoms with Crippen molar-refractivity contribution >= 4 is 39.4 Å². The molecule has 2 amide bonds. The van der Waals surface area contributed by atoms with E-state index in [0.717, 1.165) is 34.8 Å². The van der Waals surface area contributed by atoms with Crippen LogP contribution in [-0.2, 0) is 11.8 Å². The topological polar surface area (TPSA) is 118 Å². The SMILES string of the molecule is Cc1ncc(NC(=O)C[C@@H]2CCNC2)cc1NC(=O)c1cnn2cc(-c3cnn(C)c3)sc12. The Balaban J connectivity index is 1.32. The lowest BCUT2D eigenvalue weighted by molar-refractivity contribution is -0.116. The van der Waals surface area contributed by atoms with E-state index in [1.165, 1.54) is 11.3 Å². The Morgan fingerprint density at radius 1 is 1.21 bits per heavy atom. The van der Waals surface area contributed by atoms with Gasteiger partial charge in [-0.1, -0.05) is 0 Å². The van der Waals surface area contributed by atoms with E-state index in [1.807, 2.05) is 26.4 Å². The third kappa shape index (κ3) is 4.50. The van der Waals surface area contributed by atoms with Gasteiger partial charge in [0.1, 0.15) is 4.83 Å². The van der Waals surface area contributed by atoms with Gasteiger partial charge in [-0.25, -0.2) is 4.52 Å². The quantitative estimate of drug-likeness (QED) is 0.404. The molecule has 1 atom stereocenters. The Bertz CT molecular complexity index is 1330. The number of nitrogens with one attached hydrogen (secondary N) is 3. The summed E-state index contributed by atoms with van der Waals surface area (Å²) >= 11 is 1.48. The number of aromatic nitrogens is 5. The zero-order valence-corrected chi connectivity index (χ0v) is 19.1. The molecule has 0 bridgehead atoms. The van der Waals surface area contributed by atoms with Gasteiger partial charge in [0, 0.05) is 31.4 Å². The normalized spacial score (nSPS) is 15.8. The fourth-order valence-electron chi connectivity index (χ4n) is 3.90. The summed E-state index contributed by atoms with van der Waals surface area (Å²) in [7, 11) is 1.86. The zero-order chi connectivity index (χ0) is 22.9. The highest BCUT2D eigenvalue weighted by Gasteiger charge is 2.20. The Kier molecular flexibility index (Phi) is 5.65. The third-order valence-corrected chi connectivity index (χ3v) is 6.85. The van der Waals surface area contributed by atoms with E-state index < -0.39 is 0 Å². The van der Waals surface area contributed by atoms with Crippen LogP contribution in [0.2, 0.25) is 0 Å². The van der Waals surface area contributed by atoms with E-state index in [-0.39, 0.29) is 11.8 Å². The minimum atomic E-state index is -0.282. The van der Waals surface area contributed by atoms with Gasteiger partial charge in [-0.2, -0.15) is 10.2 Å². The molecule has 0 unspecified atom stereocenters. The maximum absolute atomic E-state index is 13.1. The molecule has 4 aromatic rings. The molecule has 170 valence electrons. The number of nitrogens with zero attached hydrogens (tertiary/aromatic N) is 5. The number of carbonyl (C=O) groups excluding carboxylic acids is 2. The van der Waals surface area contributed by atoms with Crippen LogP contribution in [0.25, 0.3) is 15.3 Å². The number of anilines is 2. The Morgan fingerprint density at radius 3 is 2.85 bits per heavy atom. The molecule has 4 aromatic heterocycles. The van der Waals surface area contributed by atoms with Crippen molar-refractivity contribution < 1.29 is 9.59 Å². The molecule has 1 saturated heterocycles. The summed E-state index contributed by atoms with van der Waals surface area (Å²) in [6.07, 6.45) is 10.2. The highest BCUT2D eigenvalue weighted by molar-refractivity contribution is 7.21. The van der Waals surface area contributed by atoms with Crippen LogP contribution in [0.15, 0.2) is 37.1 Å². The highest BCUT2D eigenvalue weighted by Crippen LogP contribution is 2.30. The standard InChI is InChI=1S/C22H24N8O2S/c1-13-18(6-16(9-24-13)27-20(31)5-14-3-4-23-7-14)28-21(32)17-10-26-30-12-19(33-22(17)30)15-8-25-29(2)11-15/h6,8-12,14,23H,3-5,7H2,1-2H3,(H,27,31)(H,28,32)/t14-/m0/s1. The van der Waals surface area contributed by atoms with Crippen molar-refractivity contribution in [3.05, 3.63) is 48.3 Å². The van der Waals surface area contributed by atoms with E-state index in [4.69, 9.17) is 0 Å². The van der Waals surface area contributed by atoms with E-state index in [0.29, 0.717) is 35.0 Å². The van der Waals surface area contributed by atoms with E-state index in [2.05, 4.69) is 31.1 Å². The van der Waals surface area contributed by atoms with E-state index in [9.17, 15) is 9.59 Å². The average Bonchev–Trinajstić information content (AvgIpc) is 3.55. The number of hydrogen-bond acceptors (Lipinski definition) is 7. The zero-order valence-electron chi connectivity index (χ0n) is 18.3. The van der Waals surface area contributed by atoms with Crippen molar-refractivity contribution in [2.75, 3.05) is 23.7 Å². The minimum absolute atomic E-state index is 0.0495. The first-order chi connectivity index (χ1) is 16.0. The van der Waals surface area contributed by atoms with Gasteiger partial charge in [0.25, 0.3) is 5.91 Å². The first kappa shape index (κ1) is 21.3. The summed E-state index contributed by atoms with van der Waals surface area (Å²) in [5.41, 5.74) is 3.20. The molecule has 0 saturated carbocycles. The minimum Gasteiger partial charge on any atom is -0.325 e. The van der Waals surface area contributed by atoms with Gasteiger partial charge in [0.2, 0.25) is 5.91 Å². The predicted molar refractivity (Wildman–Crippen MR) is 126 cm³/mol. The fraction of sp³-hybridized carbons (Fsp3) is 0.318. The second-order valence-corrected chi connectivity index (χ2v) is 9.26. The van der Waals surface area contributed by atoms with Crippen molar-refractivity contribution in [1.82, 2.24) is 29.7 Å². The van der Waals surface area contributed by atoms with Crippen LogP contribution >= 0.6 is 11.3 Å². The number of carbonyl (C=O) groups is 2. The molecule has 33 heavy (non-hydrogen) atoms. The molecular formula is C22H24N8O2S. The number of pyridine rings is 1. The lowest BCUT2D eigenvalue weighted by Crippen LogP contribution is -2.19. The third-order valence-electron chi connectivity index (χ3n) is 5.69. The lowest BCUT2D eigenvalue weighted by atomic mass is 10.0. The number of fused-ring (bicyclic) bond motifs is 1. The molecule has 0 aromatic carbocycles. The van der Waals surface area contributed by atoms with Crippen molar-refractivity contribution in [2.24, 2.45) is 13.0 Å². The van der Waals surface area contributed by atoms with Gasteiger partial charge in [0.05, 0.1) is 46.1 Å². The molecule has 1 aliphatic heterocycles. The Hall–Kier alpha value is -3.57. The van der Waals surface area contributed by atoms with Crippen molar-refractivity contribution in [3.63, 3.8) is 0 Å². The number of amides is 2. The van der Waals surface area contributed by atoms with Crippen LogP contribution < -0.4 is 16.0 Å². The van der Waals surface area contributed by atoms with Crippen LogP contribution in [0.5, 0.6) is 0 Å². The average molecular weight is 465 g/mol. The van der Waals surface area contributed by atoms with Crippen molar-refractivity contribution in [1.29, 1.82) is 0 Å². The first-order valence-corrected chi connectivity index (χ1v) is 11.5. The molecule has 3 N–H and O–H groups in total.